The van der Waals surface area contributed by atoms with E-state index in [0.29, 0.717) is 6.04 Å². The summed E-state index contributed by atoms with van der Waals surface area (Å²) in [4.78, 5) is 4.26. The number of nitrogens with one attached hydrogen (secondary N) is 1. The van der Waals surface area contributed by atoms with Gasteiger partial charge in [0.25, 0.3) is 0 Å². The van der Waals surface area contributed by atoms with Crippen LogP contribution in [0.25, 0.3) is 0 Å². The molecule has 0 amide bonds. The first-order valence-corrected chi connectivity index (χ1v) is 7.82. The number of hydrogen-bond acceptors (Lipinski definition) is 2. The summed E-state index contributed by atoms with van der Waals surface area (Å²) in [6.07, 6.45) is 8.96. The zero-order valence-corrected chi connectivity index (χ0v) is 12.9. The number of nitrogens with zero attached hydrogens (tertiary/aromatic N) is 1. The number of rotatable bonds is 7. The van der Waals surface area contributed by atoms with Crippen LogP contribution in [0.2, 0.25) is 0 Å². The van der Waals surface area contributed by atoms with E-state index >= 15 is 0 Å². The smallest absolute Gasteiger partial charge is 0.0410 e. The van der Waals surface area contributed by atoms with Gasteiger partial charge in [-0.1, -0.05) is 13.8 Å². The molecule has 100 valence electrons. The number of aromatic nitrogens is 1. The topological polar surface area (TPSA) is 24.9 Å². The molecule has 1 aromatic heterocycles. The average Bonchev–Trinajstić information content (AvgIpc) is 3.18. The van der Waals surface area contributed by atoms with Gasteiger partial charge in [-0.25, -0.2) is 0 Å². The summed E-state index contributed by atoms with van der Waals surface area (Å²) in [6, 6.07) is 2.78. The van der Waals surface area contributed by atoms with Crippen molar-refractivity contribution in [3.63, 3.8) is 0 Å². The minimum atomic E-state index is 0.591. The van der Waals surface area contributed by atoms with Crippen LogP contribution >= 0.6 is 15.9 Å². The molecule has 2 unspecified atom stereocenters. The fourth-order valence-electron chi connectivity index (χ4n) is 2.55. The lowest BCUT2D eigenvalue weighted by Gasteiger charge is -2.25. The Bertz CT molecular complexity index is 377. The van der Waals surface area contributed by atoms with Crippen LogP contribution in [-0.4, -0.2) is 17.6 Å². The predicted molar refractivity (Wildman–Crippen MR) is 79.6 cm³/mol. The van der Waals surface area contributed by atoms with Crippen LogP contribution in [0, 0.1) is 11.8 Å². The van der Waals surface area contributed by atoms with E-state index in [-0.39, 0.29) is 0 Å². The molecule has 2 nitrogen and oxygen atoms in total. The fourth-order valence-corrected chi connectivity index (χ4v) is 2.96. The van der Waals surface area contributed by atoms with Crippen LogP contribution in [0.3, 0.4) is 0 Å². The third-order valence-corrected chi connectivity index (χ3v) is 4.31. The highest BCUT2D eigenvalue weighted by Crippen LogP contribution is 2.38. The van der Waals surface area contributed by atoms with Gasteiger partial charge in [0.05, 0.1) is 0 Å². The van der Waals surface area contributed by atoms with Crippen molar-refractivity contribution in [3.05, 3.63) is 28.5 Å². The first-order valence-electron chi connectivity index (χ1n) is 7.03. The number of hydrogen-bond donors (Lipinski definition) is 1. The Balaban J connectivity index is 1.99. The maximum absolute atomic E-state index is 4.26. The van der Waals surface area contributed by atoms with Gasteiger partial charge in [-0.05, 0) is 71.6 Å². The first-order chi connectivity index (χ1) is 8.70. The molecular formula is C15H23BrN2. The zero-order chi connectivity index (χ0) is 13.0. The lowest BCUT2D eigenvalue weighted by molar-refractivity contribution is 0.339. The highest BCUT2D eigenvalue weighted by molar-refractivity contribution is 9.10. The van der Waals surface area contributed by atoms with Gasteiger partial charge in [-0.15, -0.1) is 0 Å². The van der Waals surface area contributed by atoms with Crippen molar-refractivity contribution in [2.75, 3.05) is 6.54 Å². The molecule has 1 aromatic rings. The van der Waals surface area contributed by atoms with Crippen LogP contribution < -0.4 is 5.32 Å². The minimum Gasteiger partial charge on any atom is -0.313 e. The zero-order valence-electron chi connectivity index (χ0n) is 11.3. The van der Waals surface area contributed by atoms with Crippen molar-refractivity contribution in [2.45, 2.75) is 45.6 Å². The van der Waals surface area contributed by atoms with Crippen LogP contribution in [0.5, 0.6) is 0 Å². The van der Waals surface area contributed by atoms with Crippen molar-refractivity contribution in [1.29, 1.82) is 0 Å². The van der Waals surface area contributed by atoms with E-state index in [1.165, 1.54) is 24.8 Å². The van der Waals surface area contributed by atoms with Crippen LogP contribution in [-0.2, 0) is 6.42 Å². The molecule has 2 atom stereocenters. The number of pyridine rings is 1. The summed E-state index contributed by atoms with van der Waals surface area (Å²) >= 11 is 3.50. The van der Waals surface area contributed by atoms with Crippen molar-refractivity contribution in [3.8, 4) is 0 Å². The summed E-state index contributed by atoms with van der Waals surface area (Å²) in [5, 5.41) is 3.72. The molecular weight excluding hydrogens is 288 g/mol. The molecule has 1 heterocycles. The molecule has 1 N–H and O–H groups in total. The molecule has 18 heavy (non-hydrogen) atoms. The second kappa shape index (κ2) is 6.67. The molecule has 1 aliphatic carbocycles. The van der Waals surface area contributed by atoms with Crippen LogP contribution in [0.4, 0.5) is 0 Å². The van der Waals surface area contributed by atoms with Gasteiger partial charge in [0.2, 0.25) is 0 Å². The quantitative estimate of drug-likeness (QED) is 0.828. The van der Waals surface area contributed by atoms with Crippen molar-refractivity contribution >= 4 is 15.9 Å². The van der Waals surface area contributed by atoms with Crippen molar-refractivity contribution < 1.29 is 0 Å². The Labute approximate surface area is 119 Å². The lowest BCUT2D eigenvalue weighted by atomic mass is 9.91. The van der Waals surface area contributed by atoms with E-state index in [9.17, 15) is 0 Å². The Morgan fingerprint density at radius 2 is 2.22 bits per heavy atom. The maximum atomic E-state index is 4.26. The molecule has 0 saturated heterocycles. The third-order valence-electron chi connectivity index (χ3n) is 3.87. The molecule has 1 fully saturated rings. The summed E-state index contributed by atoms with van der Waals surface area (Å²) in [5.41, 5.74) is 1.32. The third kappa shape index (κ3) is 4.06. The van der Waals surface area contributed by atoms with Gasteiger partial charge in [-0.3, -0.25) is 4.98 Å². The summed E-state index contributed by atoms with van der Waals surface area (Å²) in [5.74, 6) is 1.72. The van der Waals surface area contributed by atoms with E-state index in [4.69, 9.17) is 0 Å². The largest absolute Gasteiger partial charge is 0.313 e. The Kier molecular flexibility index (Phi) is 5.19. The molecule has 0 radical (unpaired) electrons. The summed E-state index contributed by atoms with van der Waals surface area (Å²) in [6.45, 7) is 5.74. The minimum absolute atomic E-state index is 0.591. The fraction of sp³-hybridized carbons (Fsp3) is 0.667. The normalized spacial score (nSPS) is 18.6. The first kappa shape index (κ1) is 14.0. The summed E-state index contributed by atoms with van der Waals surface area (Å²) in [7, 11) is 0. The molecule has 2 rings (SSSR count). The van der Waals surface area contributed by atoms with E-state index in [0.717, 1.165) is 29.3 Å². The average molecular weight is 311 g/mol. The van der Waals surface area contributed by atoms with E-state index in [1.54, 1.807) is 0 Å². The van der Waals surface area contributed by atoms with Crippen LogP contribution in [0.1, 0.15) is 38.7 Å². The molecule has 0 aliphatic heterocycles. The van der Waals surface area contributed by atoms with Gasteiger partial charge in [0.1, 0.15) is 0 Å². The predicted octanol–water partition coefficient (Wildman–Crippen LogP) is 3.80. The molecule has 0 spiro atoms. The monoisotopic (exact) mass is 310 g/mol. The van der Waals surface area contributed by atoms with Crippen molar-refractivity contribution in [1.82, 2.24) is 10.3 Å². The van der Waals surface area contributed by atoms with E-state index < -0.39 is 0 Å². The highest BCUT2D eigenvalue weighted by Gasteiger charge is 2.32. The molecule has 0 aromatic carbocycles. The van der Waals surface area contributed by atoms with E-state index in [2.05, 4.69) is 46.1 Å². The van der Waals surface area contributed by atoms with Gasteiger partial charge >= 0.3 is 0 Å². The highest BCUT2D eigenvalue weighted by atomic mass is 79.9. The summed E-state index contributed by atoms with van der Waals surface area (Å²) < 4.78 is 1.08. The number of halogens is 1. The maximum Gasteiger partial charge on any atom is 0.0410 e. The van der Waals surface area contributed by atoms with Crippen molar-refractivity contribution in [2.24, 2.45) is 11.8 Å². The molecule has 3 heteroatoms. The Hall–Kier alpha value is -0.410. The van der Waals surface area contributed by atoms with Gasteiger partial charge in [0.15, 0.2) is 0 Å². The standard InChI is InChI=1S/C15H23BrN2/c1-3-6-18-15(11(2)13-4-5-13)8-12-7-14(16)10-17-9-12/h7,9-11,13,15,18H,3-6,8H2,1-2H3. The molecule has 0 bridgehead atoms. The molecule has 1 saturated carbocycles. The molecule has 1 aliphatic rings. The van der Waals surface area contributed by atoms with Gasteiger partial charge < -0.3 is 5.32 Å². The van der Waals surface area contributed by atoms with E-state index in [1.807, 2.05) is 12.4 Å². The lowest BCUT2D eigenvalue weighted by Crippen LogP contribution is -2.38. The SMILES string of the molecule is CCCNC(Cc1cncc(Br)c1)C(C)C1CC1. The van der Waals surface area contributed by atoms with Crippen LogP contribution in [0.15, 0.2) is 22.9 Å². The second-order valence-electron chi connectivity index (χ2n) is 5.47. The Morgan fingerprint density at radius 1 is 1.44 bits per heavy atom. The van der Waals surface area contributed by atoms with Gasteiger partial charge in [0, 0.05) is 22.9 Å². The van der Waals surface area contributed by atoms with Gasteiger partial charge in [-0.2, -0.15) is 0 Å². The second-order valence-corrected chi connectivity index (χ2v) is 6.39. The Morgan fingerprint density at radius 3 is 2.83 bits per heavy atom.